The van der Waals surface area contributed by atoms with Gasteiger partial charge in [0.15, 0.2) is 0 Å². The van der Waals surface area contributed by atoms with Gasteiger partial charge in [0.05, 0.1) is 5.54 Å². The lowest BCUT2D eigenvalue weighted by Gasteiger charge is -2.44. The van der Waals surface area contributed by atoms with Gasteiger partial charge in [-0.2, -0.15) is 0 Å². The smallest absolute Gasteiger partial charge is 0.204 e. The van der Waals surface area contributed by atoms with E-state index in [9.17, 15) is 13.6 Å². The maximum absolute atomic E-state index is 14.1. The molecule has 0 N–H and O–H groups in total. The zero-order valence-corrected chi connectivity index (χ0v) is 21.9. The van der Waals surface area contributed by atoms with Crippen LogP contribution in [-0.4, -0.2) is 17.0 Å². The maximum Gasteiger partial charge on any atom is 0.204 e. The topological polar surface area (TPSA) is 29.4 Å². The molecule has 0 aromatic heterocycles. The SMILES string of the molecule is CCC(C)(C)C1CCC2(CC1)CC(C(C)C1=CC=C(C)CC1)=CC(=O)C(c1cc(F)cc(F)c1)=N2. The van der Waals surface area contributed by atoms with Gasteiger partial charge in [0.2, 0.25) is 5.78 Å². The fourth-order valence-corrected chi connectivity index (χ4v) is 6.05. The number of hydrogen-bond donors (Lipinski definition) is 0. The van der Waals surface area contributed by atoms with Gasteiger partial charge in [-0.15, -0.1) is 0 Å². The first kappa shape index (κ1) is 25.7. The average molecular weight is 480 g/mol. The van der Waals surface area contributed by atoms with Crippen LogP contribution in [0.3, 0.4) is 0 Å². The number of aliphatic imine (C=N–C) groups is 1. The highest BCUT2D eigenvalue weighted by Crippen LogP contribution is 2.48. The number of rotatable bonds is 5. The zero-order chi connectivity index (χ0) is 25.4. The minimum atomic E-state index is -0.686. The number of carbonyl (C=O) groups is 1. The second kappa shape index (κ2) is 9.95. The highest BCUT2D eigenvalue weighted by Gasteiger charge is 2.42. The molecule has 2 nitrogen and oxygen atoms in total. The number of nitrogens with zero attached hydrogens (tertiary/aromatic N) is 1. The molecular weight excluding hydrogens is 440 g/mol. The van der Waals surface area contributed by atoms with Crippen LogP contribution in [0.5, 0.6) is 0 Å². The normalized spacial score (nSPS) is 26.5. The summed E-state index contributed by atoms with van der Waals surface area (Å²) in [5, 5.41) is 0. The van der Waals surface area contributed by atoms with Gasteiger partial charge in [-0.1, -0.05) is 63.0 Å². The largest absolute Gasteiger partial charge is 0.288 e. The van der Waals surface area contributed by atoms with E-state index in [4.69, 9.17) is 4.99 Å². The molecule has 188 valence electrons. The molecule has 3 aliphatic rings. The summed E-state index contributed by atoms with van der Waals surface area (Å²) < 4.78 is 28.2. The quantitative estimate of drug-likeness (QED) is 0.417. The molecule has 1 heterocycles. The van der Waals surface area contributed by atoms with Crippen LogP contribution >= 0.6 is 0 Å². The molecule has 1 atom stereocenters. The molecule has 4 rings (SSSR count). The molecule has 0 radical (unpaired) electrons. The summed E-state index contributed by atoms with van der Waals surface area (Å²) in [6.07, 6.45) is 13.9. The molecule has 1 saturated carbocycles. The molecule has 0 bridgehead atoms. The van der Waals surface area contributed by atoms with Crippen LogP contribution in [0, 0.1) is 28.9 Å². The van der Waals surface area contributed by atoms with Crippen LogP contribution in [0.4, 0.5) is 8.78 Å². The van der Waals surface area contributed by atoms with E-state index in [2.05, 4.69) is 46.8 Å². The van der Waals surface area contributed by atoms with Crippen LogP contribution < -0.4 is 0 Å². The molecule has 1 unspecified atom stereocenters. The zero-order valence-electron chi connectivity index (χ0n) is 21.9. The Morgan fingerprint density at radius 1 is 1.06 bits per heavy atom. The first-order valence-electron chi connectivity index (χ1n) is 13.2. The molecule has 1 spiro atoms. The van der Waals surface area contributed by atoms with Gasteiger partial charge in [0, 0.05) is 11.6 Å². The van der Waals surface area contributed by atoms with Gasteiger partial charge in [-0.25, -0.2) is 8.78 Å². The van der Waals surface area contributed by atoms with Crippen molar-refractivity contribution in [2.75, 3.05) is 0 Å². The summed E-state index contributed by atoms with van der Waals surface area (Å²) in [7, 11) is 0. The summed E-state index contributed by atoms with van der Waals surface area (Å²) in [6, 6.07) is 3.31. The lowest BCUT2D eigenvalue weighted by molar-refractivity contribution is -0.108. The molecule has 1 aromatic carbocycles. The molecule has 1 aliphatic heterocycles. The molecule has 1 fully saturated rings. The Kier molecular flexibility index (Phi) is 7.31. The van der Waals surface area contributed by atoms with E-state index in [1.807, 2.05) is 0 Å². The second-order valence-corrected chi connectivity index (χ2v) is 11.7. The first-order valence-corrected chi connectivity index (χ1v) is 13.2. The monoisotopic (exact) mass is 479 g/mol. The van der Waals surface area contributed by atoms with E-state index >= 15 is 0 Å². The van der Waals surface area contributed by atoms with Crippen molar-refractivity contribution in [3.8, 4) is 0 Å². The highest BCUT2D eigenvalue weighted by molar-refractivity contribution is 6.50. The Labute approximate surface area is 209 Å². The summed E-state index contributed by atoms with van der Waals surface area (Å²) >= 11 is 0. The van der Waals surface area contributed by atoms with Crippen molar-refractivity contribution in [2.45, 2.75) is 91.5 Å². The van der Waals surface area contributed by atoms with E-state index in [1.54, 1.807) is 6.08 Å². The predicted octanol–water partition coefficient (Wildman–Crippen LogP) is 8.32. The fourth-order valence-electron chi connectivity index (χ4n) is 6.05. The van der Waals surface area contributed by atoms with Gasteiger partial charge in [-0.3, -0.25) is 9.79 Å². The highest BCUT2D eigenvalue weighted by atomic mass is 19.1. The molecule has 1 aromatic rings. The van der Waals surface area contributed by atoms with Crippen molar-refractivity contribution in [2.24, 2.45) is 22.2 Å². The van der Waals surface area contributed by atoms with E-state index in [1.165, 1.54) is 23.3 Å². The standard InChI is InChI=1S/C31H39F2NO/c1-6-30(4,5)25-11-13-31(14-12-25)19-24(21(3)22-9-7-20(2)8-10-22)17-28(35)29(34-31)23-15-26(32)18-27(33)16-23/h7,9,15-18,21,25H,6,8,10-14,19H2,1-5H3. The first-order chi connectivity index (χ1) is 16.5. The van der Waals surface area contributed by atoms with Crippen LogP contribution in [0.15, 0.2) is 58.1 Å². The Morgan fingerprint density at radius 3 is 2.29 bits per heavy atom. The van der Waals surface area contributed by atoms with Crippen LogP contribution in [0.2, 0.25) is 0 Å². The molecular formula is C31H39F2NO. The predicted molar refractivity (Wildman–Crippen MR) is 140 cm³/mol. The number of ketones is 1. The third-order valence-electron chi connectivity index (χ3n) is 9.00. The second-order valence-electron chi connectivity index (χ2n) is 11.7. The molecule has 35 heavy (non-hydrogen) atoms. The van der Waals surface area contributed by atoms with Crippen molar-refractivity contribution in [3.05, 3.63) is 70.3 Å². The summed E-state index contributed by atoms with van der Waals surface area (Å²) in [4.78, 5) is 18.6. The Hall–Kier alpha value is -2.36. The minimum Gasteiger partial charge on any atom is -0.288 e. The summed E-state index contributed by atoms with van der Waals surface area (Å²) in [6.45, 7) is 11.3. The van der Waals surface area contributed by atoms with Gasteiger partial charge in [0.1, 0.15) is 17.3 Å². The third kappa shape index (κ3) is 5.57. The van der Waals surface area contributed by atoms with Gasteiger partial charge in [0.25, 0.3) is 0 Å². The number of benzene rings is 1. The molecule has 0 saturated heterocycles. The van der Waals surface area contributed by atoms with Gasteiger partial charge in [-0.05, 0) is 87.3 Å². The van der Waals surface area contributed by atoms with Crippen molar-refractivity contribution in [1.82, 2.24) is 0 Å². The maximum atomic E-state index is 14.1. The van der Waals surface area contributed by atoms with Crippen molar-refractivity contribution < 1.29 is 13.6 Å². The summed E-state index contributed by atoms with van der Waals surface area (Å²) in [5.74, 6) is -0.860. The Morgan fingerprint density at radius 2 is 1.71 bits per heavy atom. The number of carbonyl (C=O) groups excluding carboxylic acids is 1. The number of hydrogen-bond acceptors (Lipinski definition) is 2. The van der Waals surface area contributed by atoms with E-state index in [-0.39, 0.29) is 28.4 Å². The van der Waals surface area contributed by atoms with Crippen LogP contribution in [0.1, 0.15) is 91.5 Å². The Balaban J connectivity index is 1.74. The van der Waals surface area contributed by atoms with Crippen molar-refractivity contribution >= 4 is 11.5 Å². The fraction of sp³-hybridized carbons (Fsp3) is 0.548. The molecule has 4 heteroatoms. The van der Waals surface area contributed by atoms with E-state index in [0.29, 0.717) is 5.92 Å². The lowest BCUT2D eigenvalue weighted by Crippen LogP contribution is -2.38. The van der Waals surface area contributed by atoms with E-state index in [0.717, 1.165) is 63.0 Å². The average Bonchev–Trinajstić information content (AvgIpc) is 2.95. The van der Waals surface area contributed by atoms with Crippen molar-refractivity contribution in [3.63, 3.8) is 0 Å². The summed E-state index contributed by atoms with van der Waals surface area (Å²) in [5.41, 5.74) is 4.10. The number of allylic oxidation sites excluding steroid dienone is 5. The molecule has 0 amide bonds. The lowest BCUT2D eigenvalue weighted by atomic mass is 9.64. The number of halogens is 2. The van der Waals surface area contributed by atoms with Crippen molar-refractivity contribution in [1.29, 1.82) is 0 Å². The van der Waals surface area contributed by atoms with Crippen LogP contribution in [0.25, 0.3) is 0 Å². The Bertz CT molecular complexity index is 1090. The van der Waals surface area contributed by atoms with Crippen LogP contribution in [-0.2, 0) is 4.79 Å². The van der Waals surface area contributed by atoms with Gasteiger partial charge < -0.3 is 0 Å². The molecule has 2 aliphatic carbocycles. The minimum absolute atomic E-state index is 0.142. The van der Waals surface area contributed by atoms with E-state index < -0.39 is 17.2 Å². The third-order valence-corrected chi connectivity index (χ3v) is 9.00. The van der Waals surface area contributed by atoms with Gasteiger partial charge >= 0.3 is 0 Å².